The molecule has 10 nitrogen and oxygen atoms in total. The van der Waals surface area contributed by atoms with Crippen molar-refractivity contribution in [3.63, 3.8) is 0 Å². The van der Waals surface area contributed by atoms with E-state index in [1.165, 1.54) is 13.4 Å². The molecule has 0 saturated carbocycles. The van der Waals surface area contributed by atoms with Crippen LogP contribution in [0.1, 0.15) is 20.1 Å². The van der Waals surface area contributed by atoms with E-state index >= 15 is 0 Å². The van der Waals surface area contributed by atoms with E-state index in [1.807, 2.05) is 0 Å². The fourth-order valence-electron chi connectivity index (χ4n) is 2.76. The SMILES string of the molecule is CO[C@@H]1[C@H](O)[C@@H](CI)O[C@H]1n1cnc2c(=O)[nH]c(NC(=O)C(C)C)nc21. The number of anilines is 1. The van der Waals surface area contributed by atoms with Gasteiger partial charge in [0.2, 0.25) is 11.9 Å². The Balaban J connectivity index is 2.03. The van der Waals surface area contributed by atoms with Crippen LogP contribution in [0.5, 0.6) is 0 Å². The number of fused-ring (bicyclic) bond motifs is 1. The number of alkyl halides is 1. The molecular weight excluding hydrogens is 457 g/mol. The Hall–Kier alpha value is -1.57. The van der Waals surface area contributed by atoms with Gasteiger partial charge < -0.3 is 14.6 Å². The lowest BCUT2D eigenvalue weighted by Crippen LogP contribution is -2.33. The van der Waals surface area contributed by atoms with Gasteiger partial charge in [0.25, 0.3) is 5.56 Å². The van der Waals surface area contributed by atoms with E-state index in [9.17, 15) is 14.7 Å². The first-order valence-electron chi connectivity index (χ1n) is 8.07. The monoisotopic (exact) mass is 477 g/mol. The molecule has 11 heteroatoms. The van der Waals surface area contributed by atoms with E-state index < -0.39 is 30.1 Å². The second-order valence-electron chi connectivity index (χ2n) is 6.29. The summed E-state index contributed by atoms with van der Waals surface area (Å²) in [7, 11) is 1.48. The highest BCUT2D eigenvalue weighted by Crippen LogP contribution is 2.33. The molecule has 1 saturated heterocycles. The lowest BCUT2D eigenvalue weighted by atomic mass is 10.1. The molecule has 1 aliphatic rings. The molecule has 2 aromatic rings. The van der Waals surface area contributed by atoms with Crippen molar-refractivity contribution in [2.75, 3.05) is 16.9 Å². The lowest BCUT2D eigenvalue weighted by Gasteiger charge is -2.20. The number of hydrogen-bond acceptors (Lipinski definition) is 7. The number of hydrogen-bond donors (Lipinski definition) is 3. The summed E-state index contributed by atoms with van der Waals surface area (Å²) in [6, 6.07) is 0. The van der Waals surface area contributed by atoms with E-state index in [-0.39, 0.29) is 28.9 Å². The van der Waals surface area contributed by atoms with E-state index in [0.717, 1.165) is 0 Å². The molecule has 142 valence electrons. The average Bonchev–Trinajstić information content (AvgIpc) is 3.15. The second-order valence-corrected chi connectivity index (χ2v) is 7.17. The normalized spacial score (nSPS) is 25.9. The first-order valence-corrected chi connectivity index (χ1v) is 9.60. The number of carbonyl (C=O) groups excluding carboxylic acids is 1. The van der Waals surface area contributed by atoms with Crippen molar-refractivity contribution in [3.05, 3.63) is 16.7 Å². The van der Waals surface area contributed by atoms with Crippen LogP contribution in [0.2, 0.25) is 0 Å². The summed E-state index contributed by atoms with van der Waals surface area (Å²) in [4.78, 5) is 35.0. The standard InChI is InChI=1S/C15H20IN5O5/c1-6(2)12(23)19-15-18-11-8(13(24)20-15)17-5-21(11)14-10(25-3)9(22)7(4-16)26-14/h5-7,9-10,14,22H,4H2,1-3H3,(H2,18,19,20,23,24)/t7-,9-,10-,14-/m1/s1. The van der Waals surface area contributed by atoms with Crippen molar-refractivity contribution in [1.29, 1.82) is 0 Å². The third-order valence-electron chi connectivity index (χ3n) is 4.21. The number of nitrogens with zero attached hydrogens (tertiary/aromatic N) is 3. The number of ether oxygens (including phenoxy) is 2. The number of carbonyl (C=O) groups is 1. The highest BCUT2D eigenvalue weighted by atomic mass is 127. The van der Waals surface area contributed by atoms with Gasteiger partial charge in [-0.05, 0) is 0 Å². The molecule has 26 heavy (non-hydrogen) atoms. The molecule has 4 atom stereocenters. The number of aliphatic hydroxyl groups is 1. The van der Waals surface area contributed by atoms with Crippen LogP contribution < -0.4 is 10.9 Å². The molecule has 0 radical (unpaired) electrons. The summed E-state index contributed by atoms with van der Waals surface area (Å²) in [5.74, 6) is -0.511. The summed E-state index contributed by atoms with van der Waals surface area (Å²) in [6.45, 7) is 3.47. The number of amides is 1. The minimum absolute atomic E-state index is 0.0286. The fourth-order valence-corrected chi connectivity index (χ4v) is 3.49. The van der Waals surface area contributed by atoms with E-state index in [4.69, 9.17) is 9.47 Å². The first kappa shape index (κ1) is 19.2. The number of aromatic nitrogens is 4. The Kier molecular flexibility index (Phi) is 5.60. The number of rotatable bonds is 5. The maximum atomic E-state index is 12.3. The van der Waals surface area contributed by atoms with Crippen molar-refractivity contribution < 1.29 is 19.4 Å². The predicted octanol–water partition coefficient (Wildman–Crippen LogP) is 0.422. The predicted molar refractivity (Wildman–Crippen MR) is 101 cm³/mol. The van der Waals surface area contributed by atoms with Crippen LogP contribution in [0.3, 0.4) is 0 Å². The minimum Gasteiger partial charge on any atom is -0.387 e. The smallest absolute Gasteiger partial charge is 0.280 e. The van der Waals surface area contributed by atoms with Gasteiger partial charge in [0.1, 0.15) is 12.2 Å². The third kappa shape index (κ3) is 3.35. The van der Waals surface area contributed by atoms with Gasteiger partial charge in [-0.3, -0.25) is 24.5 Å². The summed E-state index contributed by atoms with van der Waals surface area (Å²) in [5, 5.41) is 12.9. The van der Waals surface area contributed by atoms with Crippen LogP contribution in [0, 0.1) is 5.92 Å². The summed E-state index contributed by atoms with van der Waals surface area (Å²) in [5.41, 5.74) is -0.134. The highest BCUT2D eigenvalue weighted by Gasteiger charge is 2.45. The number of aromatic amines is 1. The Morgan fingerprint density at radius 3 is 2.92 bits per heavy atom. The number of H-pyrrole nitrogens is 1. The number of methoxy groups -OCH3 is 1. The van der Waals surface area contributed by atoms with E-state index in [0.29, 0.717) is 4.43 Å². The van der Waals surface area contributed by atoms with Gasteiger partial charge in [0.15, 0.2) is 17.4 Å². The molecule has 3 heterocycles. The van der Waals surface area contributed by atoms with Crippen molar-refractivity contribution in [2.45, 2.75) is 38.4 Å². The quantitative estimate of drug-likeness (QED) is 0.420. The zero-order valence-corrected chi connectivity index (χ0v) is 16.6. The van der Waals surface area contributed by atoms with Crippen LogP contribution in [0.4, 0.5) is 5.95 Å². The average molecular weight is 477 g/mol. The second kappa shape index (κ2) is 7.58. The van der Waals surface area contributed by atoms with Gasteiger partial charge >= 0.3 is 0 Å². The fraction of sp³-hybridized carbons (Fsp3) is 0.600. The summed E-state index contributed by atoms with van der Waals surface area (Å²) >= 11 is 2.12. The minimum atomic E-state index is -0.818. The highest BCUT2D eigenvalue weighted by molar-refractivity contribution is 14.1. The molecule has 1 aliphatic heterocycles. The molecule has 0 aliphatic carbocycles. The van der Waals surface area contributed by atoms with Gasteiger partial charge in [-0.25, -0.2) is 4.98 Å². The maximum Gasteiger partial charge on any atom is 0.280 e. The van der Waals surface area contributed by atoms with Crippen LogP contribution in [-0.2, 0) is 14.3 Å². The molecule has 0 spiro atoms. The summed E-state index contributed by atoms with van der Waals surface area (Å²) < 4.78 is 13.4. The van der Waals surface area contributed by atoms with Gasteiger partial charge in [0, 0.05) is 17.5 Å². The van der Waals surface area contributed by atoms with Gasteiger partial charge in [-0.2, -0.15) is 4.98 Å². The number of aliphatic hydroxyl groups excluding tert-OH is 1. The molecule has 0 bridgehead atoms. The lowest BCUT2D eigenvalue weighted by molar-refractivity contribution is -0.118. The van der Waals surface area contributed by atoms with E-state index in [1.54, 1.807) is 18.4 Å². The zero-order chi connectivity index (χ0) is 19.0. The zero-order valence-electron chi connectivity index (χ0n) is 14.5. The first-order chi connectivity index (χ1) is 12.4. The van der Waals surface area contributed by atoms with Crippen LogP contribution in [0.25, 0.3) is 11.2 Å². The van der Waals surface area contributed by atoms with Crippen molar-refractivity contribution in [1.82, 2.24) is 19.5 Å². The summed E-state index contributed by atoms with van der Waals surface area (Å²) in [6.07, 6.45) is -1.14. The van der Waals surface area contributed by atoms with Gasteiger partial charge in [-0.15, -0.1) is 0 Å². The molecular formula is C15H20IN5O5. The molecule has 3 rings (SSSR count). The van der Waals surface area contributed by atoms with Crippen molar-refractivity contribution in [2.24, 2.45) is 5.92 Å². The maximum absolute atomic E-state index is 12.3. The molecule has 2 aromatic heterocycles. The topological polar surface area (TPSA) is 131 Å². The Morgan fingerprint density at radius 2 is 2.31 bits per heavy atom. The molecule has 1 fully saturated rings. The number of nitrogens with one attached hydrogen (secondary N) is 2. The number of imidazole rings is 1. The third-order valence-corrected chi connectivity index (χ3v) is 5.08. The largest absolute Gasteiger partial charge is 0.387 e. The van der Waals surface area contributed by atoms with Gasteiger partial charge in [0.05, 0.1) is 12.4 Å². The molecule has 1 amide bonds. The van der Waals surface area contributed by atoms with Crippen molar-refractivity contribution >= 4 is 45.6 Å². The van der Waals surface area contributed by atoms with Gasteiger partial charge in [-0.1, -0.05) is 36.4 Å². The van der Waals surface area contributed by atoms with Crippen molar-refractivity contribution in [3.8, 4) is 0 Å². The van der Waals surface area contributed by atoms with E-state index in [2.05, 4.69) is 42.9 Å². The van der Waals surface area contributed by atoms with Crippen LogP contribution in [0.15, 0.2) is 11.1 Å². The Morgan fingerprint density at radius 1 is 1.58 bits per heavy atom. The molecule has 0 unspecified atom stereocenters. The Labute approximate surface area is 162 Å². The molecule has 3 N–H and O–H groups in total. The molecule has 0 aromatic carbocycles. The Bertz CT molecular complexity index is 866. The number of halogens is 1. The van der Waals surface area contributed by atoms with Crippen LogP contribution in [-0.4, -0.2) is 60.4 Å². The van der Waals surface area contributed by atoms with Crippen LogP contribution >= 0.6 is 22.6 Å².